The van der Waals surface area contributed by atoms with Crippen LogP contribution in [0.1, 0.15) is 63.3 Å². The number of alkyl halides is 3. The molecular weight excluding hydrogens is 580 g/mol. The van der Waals surface area contributed by atoms with Crippen molar-refractivity contribution in [2.45, 2.75) is 89.3 Å². The summed E-state index contributed by atoms with van der Waals surface area (Å²) < 4.78 is 68.5. The van der Waals surface area contributed by atoms with E-state index < -0.39 is 28.8 Å². The topological polar surface area (TPSA) is 74.3 Å². The Bertz CT molecular complexity index is 1390. The van der Waals surface area contributed by atoms with Crippen LogP contribution in [0.3, 0.4) is 0 Å². The van der Waals surface area contributed by atoms with Gasteiger partial charge in [0.05, 0.1) is 35.6 Å². The Balaban J connectivity index is 1.31. The molecule has 2 unspecified atom stereocenters. The van der Waals surface area contributed by atoms with E-state index in [0.717, 1.165) is 56.0 Å². The van der Waals surface area contributed by atoms with Crippen molar-refractivity contribution < 1.29 is 31.8 Å². The highest BCUT2D eigenvalue weighted by atomic mass is 19.4. The number of aromatic nitrogens is 2. The van der Waals surface area contributed by atoms with Gasteiger partial charge in [-0.15, -0.1) is 0 Å². The summed E-state index contributed by atoms with van der Waals surface area (Å²) in [6.45, 7) is 8.16. The minimum Gasteiger partial charge on any atom is -0.462 e. The third kappa shape index (κ3) is 6.12. The minimum absolute atomic E-state index is 0.0146. The van der Waals surface area contributed by atoms with Gasteiger partial charge < -0.3 is 24.2 Å². The Morgan fingerprint density at radius 1 is 1.02 bits per heavy atom. The highest BCUT2D eigenvalue weighted by Gasteiger charge is 2.46. The monoisotopic (exact) mass is 620 g/mol. The molecule has 9 nitrogen and oxygen atoms in total. The second-order valence-corrected chi connectivity index (χ2v) is 13.3. The number of halogens is 4. The zero-order valence-electron chi connectivity index (χ0n) is 25.7. The first-order valence-electron chi connectivity index (χ1n) is 15.4. The third-order valence-electron chi connectivity index (χ3n) is 9.09. The number of fused-ring (bicyclic) bond motifs is 3. The fourth-order valence-electron chi connectivity index (χ4n) is 7.02. The van der Waals surface area contributed by atoms with Crippen molar-refractivity contribution in [3.8, 4) is 6.01 Å². The molecule has 3 atom stereocenters. The summed E-state index contributed by atoms with van der Waals surface area (Å²) in [6, 6.07) is 3.31. The first-order valence-corrected chi connectivity index (χ1v) is 15.4. The van der Waals surface area contributed by atoms with Crippen molar-refractivity contribution in [2.24, 2.45) is 0 Å². The zero-order chi connectivity index (χ0) is 31.4. The van der Waals surface area contributed by atoms with Gasteiger partial charge in [-0.2, -0.15) is 23.1 Å². The molecule has 2 bridgehead atoms. The number of likely N-dealkylation sites (N-methyl/N-ethyl adjacent to an activating group) is 1. The number of amides is 1. The maximum absolute atomic E-state index is 15.0. The second-order valence-electron chi connectivity index (χ2n) is 13.3. The highest BCUT2D eigenvalue weighted by Crippen LogP contribution is 2.41. The van der Waals surface area contributed by atoms with E-state index in [-0.39, 0.29) is 43.3 Å². The van der Waals surface area contributed by atoms with Crippen molar-refractivity contribution in [3.63, 3.8) is 0 Å². The van der Waals surface area contributed by atoms with Gasteiger partial charge in [0, 0.05) is 31.2 Å². The number of ether oxygens (including phenoxy) is 2. The highest BCUT2D eigenvalue weighted by molar-refractivity contribution is 5.70. The fraction of sp³-hybridized carbons (Fsp3) is 0.645. The number of hydrogen-bond donors (Lipinski definition) is 0. The first kappa shape index (κ1) is 30.7. The van der Waals surface area contributed by atoms with E-state index in [4.69, 9.17) is 14.5 Å². The Morgan fingerprint density at radius 3 is 2.39 bits per heavy atom. The third-order valence-corrected chi connectivity index (χ3v) is 9.09. The molecule has 3 fully saturated rings. The Kier molecular flexibility index (Phi) is 8.04. The molecule has 3 saturated heterocycles. The van der Waals surface area contributed by atoms with Gasteiger partial charge in [-0.05, 0) is 78.6 Å². The number of rotatable bonds is 5. The molecule has 6 rings (SSSR count). The Morgan fingerprint density at radius 2 is 1.75 bits per heavy atom. The molecule has 0 spiro atoms. The molecule has 240 valence electrons. The van der Waals surface area contributed by atoms with Crippen molar-refractivity contribution in [3.05, 3.63) is 40.8 Å². The average molecular weight is 621 g/mol. The van der Waals surface area contributed by atoms with Crippen LogP contribution in [0.2, 0.25) is 0 Å². The van der Waals surface area contributed by atoms with Gasteiger partial charge >= 0.3 is 18.3 Å². The Labute approximate surface area is 255 Å². The zero-order valence-corrected chi connectivity index (χ0v) is 25.7. The summed E-state index contributed by atoms with van der Waals surface area (Å²) in [5, 5.41) is 0. The van der Waals surface area contributed by atoms with Crippen molar-refractivity contribution in [1.82, 2.24) is 19.8 Å². The summed E-state index contributed by atoms with van der Waals surface area (Å²) in [5.41, 5.74) is -0.735. The van der Waals surface area contributed by atoms with Crippen LogP contribution < -0.4 is 14.5 Å². The quantitative estimate of drug-likeness (QED) is 0.420. The number of anilines is 2. The van der Waals surface area contributed by atoms with Crippen LogP contribution in [0.5, 0.6) is 6.01 Å². The first-order chi connectivity index (χ1) is 20.8. The molecule has 1 aromatic carbocycles. The molecule has 1 aromatic heterocycles. The molecule has 4 aliphatic heterocycles. The standard InChI is InChI=1S/C31H40F4N6O3/c1-30(2,3)44-29(42)41-19-10-11-20(41)16-40(15-19)27-22-12-14-39(26-23(31(33,34)35)8-5-9-24(26)32)17-25(22)36-28(37-27)43-18-21-7-6-13-38(21)4/h5,8-9,19-21H,6-7,10-18H2,1-4H3/t19?,20?,21-/m0/s1. The summed E-state index contributed by atoms with van der Waals surface area (Å²) >= 11 is 0. The summed E-state index contributed by atoms with van der Waals surface area (Å²) in [5.74, 6) is -0.247. The smallest absolute Gasteiger partial charge is 0.418 e. The largest absolute Gasteiger partial charge is 0.462 e. The van der Waals surface area contributed by atoms with E-state index in [1.165, 1.54) is 4.90 Å². The molecule has 4 aliphatic rings. The van der Waals surface area contributed by atoms with Gasteiger partial charge in [0.1, 0.15) is 23.8 Å². The van der Waals surface area contributed by atoms with Crippen LogP contribution in [0.25, 0.3) is 0 Å². The van der Waals surface area contributed by atoms with E-state index in [0.29, 0.717) is 37.6 Å². The van der Waals surface area contributed by atoms with E-state index in [9.17, 15) is 22.4 Å². The number of benzene rings is 1. The molecule has 0 N–H and O–H groups in total. The van der Waals surface area contributed by atoms with Crippen molar-refractivity contribution in [1.29, 1.82) is 0 Å². The normalized spacial score (nSPS) is 24.1. The Hall–Kier alpha value is -3.35. The number of para-hydroxylation sites is 1. The number of nitrogens with zero attached hydrogens (tertiary/aromatic N) is 6. The van der Waals surface area contributed by atoms with Crippen molar-refractivity contribution in [2.75, 3.05) is 49.6 Å². The molecule has 0 aliphatic carbocycles. The molecule has 5 heterocycles. The summed E-state index contributed by atoms with van der Waals surface area (Å²) in [6.07, 6.45) is -0.943. The van der Waals surface area contributed by atoms with Crippen LogP contribution in [-0.4, -0.2) is 89.4 Å². The maximum atomic E-state index is 15.0. The lowest BCUT2D eigenvalue weighted by Crippen LogP contribution is -2.57. The van der Waals surface area contributed by atoms with Crippen LogP contribution in [-0.2, 0) is 23.9 Å². The van der Waals surface area contributed by atoms with Gasteiger partial charge in [-0.3, -0.25) is 4.90 Å². The molecule has 0 saturated carbocycles. The van der Waals surface area contributed by atoms with Gasteiger partial charge in [-0.1, -0.05) is 6.07 Å². The van der Waals surface area contributed by atoms with Crippen LogP contribution in [0, 0.1) is 5.82 Å². The molecule has 0 radical (unpaired) electrons. The average Bonchev–Trinajstić information content (AvgIpc) is 3.48. The van der Waals surface area contributed by atoms with Crippen molar-refractivity contribution >= 4 is 17.6 Å². The van der Waals surface area contributed by atoms with Gasteiger partial charge in [0.2, 0.25) is 0 Å². The van der Waals surface area contributed by atoms with Crippen LogP contribution in [0.4, 0.5) is 33.9 Å². The van der Waals surface area contributed by atoms with Gasteiger partial charge in [0.15, 0.2) is 0 Å². The van der Waals surface area contributed by atoms with Gasteiger partial charge in [-0.25, -0.2) is 9.18 Å². The summed E-state index contributed by atoms with van der Waals surface area (Å²) in [4.78, 5) is 30.2. The SMILES string of the molecule is CN1CCC[C@H]1COc1nc2c(c(N3CC4CCC(C3)N4C(=O)OC(C)(C)C)n1)CCN(c1c(F)cccc1C(F)(F)F)C2. The van der Waals surface area contributed by atoms with E-state index in [1.54, 1.807) is 0 Å². The number of carbonyl (C=O) groups excluding carboxylic acids is 1. The predicted molar refractivity (Wildman–Crippen MR) is 156 cm³/mol. The molecular formula is C31H40F4N6O3. The number of likely N-dealkylation sites (tertiary alicyclic amines) is 1. The van der Waals surface area contributed by atoms with Gasteiger partial charge in [0.25, 0.3) is 0 Å². The predicted octanol–water partition coefficient (Wildman–Crippen LogP) is 5.26. The lowest BCUT2D eigenvalue weighted by Gasteiger charge is -2.43. The minimum atomic E-state index is -4.71. The van der Waals surface area contributed by atoms with E-state index in [1.807, 2.05) is 32.7 Å². The van der Waals surface area contributed by atoms with E-state index >= 15 is 0 Å². The summed E-state index contributed by atoms with van der Waals surface area (Å²) in [7, 11) is 2.05. The van der Waals surface area contributed by atoms with Crippen LogP contribution >= 0.6 is 0 Å². The number of piperazine rings is 1. The molecule has 13 heteroatoms. The number of hydrogen-bond acceptors (Lipinski definition) is 8. The van der Waals surface area contributed by atoms with E-state index in [2.05, 4.69) is 14.8 Å². The second kappa shape index (κ2) is 11.5. The lowest BCUT2D eigenvalue weighted by molar-refractivity contribution is -0.137. The number of carbonyl (C=O) groups is 1. The fourth-order valence-corrected chi connectivity index (χ4v) is 7.02. The molecule has 2 aromatic rings. The lowest BCUT2D eigenvalue weighted by atomic mass is 10.0. The maximum Gasteiger partial charge on any atom is 0.418 e. The van der Waals surface area contributed by atoms with Crippen LogP contribution in [0.15, 0.2) is 18.2 Å². The molecule has 44 heavy (non-hydrogen) atoms. The molecule has 1 amide bonds.